The molecule has 0 atom stereocenters. The van der Waals surface area contributed by atoms with Crippen LogP contribution in [0.5, 0.6) is 0 Å². The van der Waals surface area contributed by atoms with Gasteiger partial charge in [-0.3, -0.25) is 4.79 Å². The van der Waals surface area contributed by atoms with Gasteiger partial charge in [0.25, 0.3) is 0 Å². The molecule has 3 nitrogen and oxygen atoms in total. The molecule has 1 N–H and O–H groups in total. The van der Waals surface area contributed by atoms with E-state index in [9.17, 15) is 4.79 Å². The lowest BCUT2D eigenvalue weighted by molar-refractivity contribution is -0.117. The third-order valence-corrected chi connectivity index (χ3v) is 3.02. The standard InChI is InChI=1S/C13H14N2O/c14-9-11-6-1-2-7-12(11)15-13(16)8-10-4-3-5-10/h1-2,6-7,10H,3-5,8H2,(H,15,16). The molecule has 1 saturated carbocycles. The summed E-state index contributed by atoms with van der Waals surface area (Å²) in [5, 5.41) is 11.7. The van der Waals surface area contributed by atoms with Crippen molar-refractivity contribution in [3.05, 3.63) is 29.8 Å². The Kier molecular flexibility index (Phi) is 3.21. The van der Waals surface area contributed by atoms with Crippen molar-refractivity contribution >= 4 is 11.6 Å². The average molecular weight is 214 g/mol. The maximum absolute atomic E-state index is 11.7. The summed E-state index contributed by atoms with van der Waals surface area (Å²) >= 11 is 0. The molecule has 0 aliphatic heterocycles. The van der Waals surface area contributed by atoms with E-state index in [-0.39, 0.29) is 5.91 Å². The number of para-hydroxylation sites is 1. The normalized spacial score (nSPS) is 14.9. The first-order chi connectivity index (χ1) is 7.79. The molecule has 1 fully saturated rings. The highest BCUT2D eigenvalue weighted by atomic mass is 16.1. The number of nitriles is 1. The molecule has 0 radical (unpaired) electrons. The van der Waals surface area contributed by atoms with E-state index < -0.39 is 0 Å². The summed E-state index contributed by atoms with van der Waals surface area (Å²) in [6.45, 7) is 0. The molecular weight excluding hydrogens is 200 g/mol. The van der Waals surface area contributed by atoms with Gasteiger partial charge in [0.1, 0.15) is 6.07 Å². The zero-order chi connectivity index (χ0) is 11.4. The van der Waals surface area contributed by atoms with Crippen LogP contribution in [0.1, 0.15) is 31.2 Å². The molecule has 16 heavy (non-hydrogen) atoms. The Morgan fingerprint density at radius 2 is 2.19 bits per heavy atom. The Morgan fingerprint density at radius 1 is 1.44 bits per heavy atom. The second-order valence-corrected chi connectivity index (χ2v) is 4.21. The van der Waals surface area contributed by atoms with E-state index >= 15 is 0 Å². The Hall–Kier alpha value is -1.82. The van der Waals surface area contributed by atoms with Crippen molar-refractivity contribution in [2.24, 2.45) is 5.92 Å². The lowest BCUT2D eigenvalue weighted by atomic mass is 9.83. The molecular formula is C13H14N2O. The summed E-state index contributed by atoms with van der Waals surface area (Å²) in [4.78, 5) is 11.7. The maximum atomic E-state index is 11.7. The van der Waals surface area contributed by atoms with Gasteiger partial charge in [-0.25, -0.2) is 0 Å². The van der Waals surface area contributed by atoms with E-state index in [1.54, 1.807) is 18.2 Å². The predicted octanol–water partition coefficient (Wildman–Crippen LogP) is 2.69. The molecule has 0 unspecified atom stereocenters. The molecule has 0 spiro atoms. The number of hydrogen-bond acceptors (Lipinski definition) is 2. The minimum atomic E-state index is 0.0207. The average Bonchev–Trinajstić information content (AvgIpc) is 2.24. The number of nitrogens with one attached hydrogen (secondary N) is 1. The third-order valence-electron chi connectivity index (χ3n) is 3.02. The van der Waals surface area contributed by atoms with Crippen LogP contribution in [0.15, 0.2) is 24.3 Å². The van der Waals surface area contributed by atoms with Gasteiger partial charge < -0.3 is 5.32 Å². The van der Waals surface area contributed by atoms with Crippen molar-refractivity contribution in [3.8, 4) is 6.07 Å². The van der Waals surface area contributed by atoms with E-state index in [0.29, 0.717) is 23.6 Å². The van der Waals surface area contributed by atoms with Crippen molar-refractivity contribution in [1.29, 1.82) is 5.26 Å². The maximum Gasteiger partial charge on any atom is 0.224 e. The number of carbonyl (C=O) groups is 1. The first kappa shape index (κ1) is 10.7. The number of anilines is 1. The topological polar surface area (TPSA) is 52.9 Å². The van der Waals surface area contributed by atoms with Gasteiger partial charge >= 0.3 is 0 Å². The van der Waals surface area contributed by atoms with E-state index in [1.807, 2.05) is 6.07 Å². The summed E-state index contributed by atoms with van der Waals surface area (Å²) in [5.74, 6) is 0.571. The minimum absolute atomic E-state index is 0.0207. The van der Waals surface area contributed by atoms with Crippen LogP contribution in [0.2, 0.25) is 0 Å². The number of hydrogen-bond donors (Lipinski definition) is 1. The molecule has 1 aliphatic carbocycles. The lowest BCUT2D eigenvalue weighted by Crippen LogP contribution is -2.21. The molecule has 82 valence electrons. The Labute approximate surface area is 95.1 Å². The fourth-order valence-corrected chi connectivity index (χ4v) is 1.85. The van der Waals surface area contributed by atoms with Crippen LogP contribution in [0, 0.1) is 17.2 Å². The lowest BCUT2D eigenvalue weighted by Gasteiger charge is -2.24. The molecule has 1 aliphatic rings. The Balaban J connectivity index is 1.97. The van der Waals surface area contributed by atoms with E-state index in [2.05, 4.69) is 11.4 Å². The molecule has 1 aromatic rings. The Bertz CT molecular complexity index is 430. The molecule has 1 amide bonds. The third kappa shape index (κ3) is 2.40. The second-order valence-electron chi connectivity index (χ2n) is 4.21. The fraction of sp³-hybridized carbons (Fsp3) is 0.385. The summed E-state index contributed by atoms with van der Waals surface area (Å²) in [6.07, 6.45) is 4.15. The molecule has 3 heteroatoms. The van der Waals surface area contributed by atoms with Crippen LogP contribution < -0.4 is 5.32 Å². The summed E-state index contributed by atoms with van der Waals surface area (Å²) in [7, 11) is 0. The smallest absolute Gasteiger partial charge is 0.224 e. The quantitative estimate of drug-likeness (QED) is 0.841. The monoisotopic (exact) mass is 214 g/mol. The highest BCUT2D eigenvalue weighted by molar-refractivity contribution is 5.92. The van der Waals surface area contributed by atoms with Gasteiger partial charge in [0.2, 0.25) is 5.91 Å². The molecule has 0 saturated heterocycles. The zero-order valence-electron chi connectivity index (χ0n) is 9.07. The van der Waals surface area contributed by atoms with Crippen molar-refractivity contribution in [2.75, 3.05) is 5.32 Å². The summed E-state index contributed by atoms with van der Waals surface area (Å²) < 4.78 is 0. The predicted molar refractivity (Wildman–Crippen MR) is 61.7 cm³/mol. The molecule has 1 aromatic carbocycles. The van der Waals surface area contributed by atoms with Crippen LogP contribution in [-0.4, -0.2) is 5.91 Å². The van der Waals surface area contributed by atoms with E-state index in [1.165, 1.54) is 6.42 Å². The molecule has 0 aromatic heterocycles. The molecule has 0 bridgehead atoms. The van der Waals surface area contributed by atoms with E-state index in [0.717, 1.165) is 12.8 Å². The van der Waals surface area contributed by atoms with Crippen LogP contribution in [0.3, 0.4) is 0 Å². The number of benzene rings is 1. The first-order valence-electron chi connectivity index (χ1n) is 5.58. The van der Waals surface area contributed by atoms with Gasteiger partial charge in [0, 0.05) is 6.42 Å². The zero-order valence-corrected chi connectivity index (χ0v) is 9.07. The number of amides is 1. The second kappa shape index (κ2) is 4.80. The number of carbonyl (C=O) groups excluding carboxylic acids is 1. The van der Waals surface area contributed by atoms with Gasteiger partial charge in [-0.2, -0.15) is 5.26 Å². The van der Waals surface area contributed by atoms with Gasteiger partial charge in [-0.15, -0.1) is 0 Å². The summed E-state index contributed by atoms with van der Waals surface area (Å²) in [6, 6.07) is 9.15. The van der Waals surface area contributed by atoms with Crippen molar-refractivity contribution in [2.45, 2.75) is 25.7 Å². The summed E-state index contributed by atoms with van der Waals surface area (Å²) in [5.41, 5.74) is 1.14. The van der Waals surface area contributed by atoms with Gasteiger partial charge in [0.15, 0.2) is 0 Å². The van der Waals surface area contributed by atoms with Crippen LogP contribution in [0.25, 0.3) is 0 Å². The van der Waals surface area contributed by atoms with Crippen LogP contribution >= 0.6 is 0 Å². The molecule has 0 heterocycles. The Morgan fingerprint density at radius 3 is 2.81 bits per heavy atom. The SMILES string of the molecule is N#Cc1ccccc1NC(=O)CC1CCC1. The number of rotatable bonds is 3. The number of nitrogens with zero attached hydrogens (tertiary/aromatic N) is 1. The highest BCUT2D eigenvalue weighted by Gasteiger charge is 2.20. The van der Waals surface area contributed by atoms with Gasteiger partial charge in [-0.05, 0) is 30.9 Å². The van der Waals surface area contributed by atoms with E-state index in [4.69, 9.17) is 5.26 Å². The largest absolute Gasteiger partial charge is 0.325 e. The van der Waals surface area contributed by atoms with Crippen LogP contribution in [-0.2, 0) is 4.79 Å². The first-order valence-corrected chi connectivity index (χ1v) is 5.58. The van der Waals surface area contributed by atoms with Crippen LogP contribution in [0.4, 0.5) is 5.69 Å². The van der Waals surface area contributed by atoms with Gasteiger partial charge in [-0.1, -0.05) is 18.6 Å². The van der Waals surface area contributed by atoms with Gasteiger partial charge in [0.05, 0.1) is 11.3 Å². The fourth-order valence-electron chi connectivity index (χ4n) is 1.85. The molecule has 2 rings (SSSR count). The van der Waals surface area contributed by atoms with Crippen molar-refractivity contribution < 1.29 is 4.79 Å². The minimum Gasteiger partial charge on any atom is -0.325 e. The van der Waals surface area contributed by atoms with Crippen molar-refractivity contribution in [1.82, 2.24) is 0 Å². The van der Waals surface area contributed by atoms with Crippen molar-refractivity contribution in [3.63, 3.8) is 0 Å². The highest BCUT2D eigenvalue weighted by Crippen LogP contribution is 2.29.